The molecule has 2 heterocycles. The number of aromatic nitrogens is 3. The van der Waals surface area contributed by atoms with Gasteiger partial charge in [-0.15, -0.1) is 0 Å². The zero-order valence-corrected chi connectivity index (χ0v) is 18.3. The number of aryl methyl sites for hydroxylation is 1. The van der Waals surface area contributed by atoms with E-state index in [1.54, 1.807) is 6.07 Å². The van der Waals surface area contributed by atoms with Crippen molar-refractivity contribution in [1.29, 1.82) is 0 Å². The van der Waals surface area contributed by atoms with Crippen molar-refractivity contribution < 1.29 is 13.2 Å². The highest BCUT2D eigenvalue weighted by atomic mass is 35.5. The minimum Gasteiger partial charge on any atom is -0.321 e. The van der Waals surface area contributed by atoms with Gasteiger partial charge in [0.05, 0.1) is 16.9 Å². The molecule has 158 valence electrons. The van der Waals surface area contributed by atoms with Crippen molar-refractivity contribution in [3.8, 4) is 0 Å². The molecule has 0 unspecified atom stereocenters. The molecule has 4 aromatic rings. The first-order chi connectivity index (χ1) is 14.7. The standard InChI is InChI=1S/C20H15Cl2N5O3S/c1-11-16-9-15(10-23-19(16)26-25-11)24-20(28)12-2-5-14(6-3-12)27-31(29,30)18-8-13(21)4-7-17(18)22/h2-10,27H,1H3,(H,24,28)(H,23,25,26). The number of carbonyl (C=O) groups excluding carboxylic acids is 1. The van der Waals surface area contributed by atoms with E-state index in [9.17, 15) is 13.2 Å². The van der Waals surface area contributed by atoms with Crippen LogP contribution in [0.3, 0.4) is 0 Å². The Morgan fingerprint density at radius 2 is 1.77 bits per heavy atom. The molecule has 0 radical (unpaired) electrons. The normalized spacial score (nSPS) is 11.5. The molecule has 31 heavy (non-hydrogen) atoms. The Morgan fingerprint density at radius 1 is 1.03 bits per heavy atom. The molecule has 3 N–H and O–H groups in total. The molecule has 0 fully saturated rings. The van der Waals surface area contributed by atoms with Crippen LogP contribution < -0.4 is 10.0 Å². The number of sulfonamides is 1. The summed E-state index contributed by atoms with van der Waals surface area (Å²) in [6.07, 6.45) is 1.51. The summed E-state index contributed by atoms with van der Waals surface area (Å²) < 4.78 is 27.6. The molecule has 0 spiro atoms. The van der Waals surface area contributed by atoms with Crippen molar-refractivity contribution >= 4 is 61.5 Å². The highest BCUT2D eigenvalue weighted by molar-refractivity contribution is 7.92. The molecular weight excluding hydrogens is 461 g/mol. The van der Waals surface area contributed by atoms with Crippen LogP contribution in [0.4, 0.5) is 11.4 Å². The number of nitrogens with one attached hydrogen (secondary N) is 3. The summed E-state index contributed by atoms with van der Waals surface area (Å²) in [5.41, 5.74) is 2.53. The van der Waals surface area contributed by atoms with E-state index < -0.39 is 10.0 Å². The predicted octanol–water partition coefficient (Wildman–Crippen LogP) is 4.63. The molecule has 11 heteroatoms. The second kappa shape index (κ2) is 8.18. The van der Waals surface area contributed by atoms with Crippen LogP contribution in [0.1, 0.15) is 16.1 Å². The number of rotatable bonds is 5. The van der Waals surface area contributed by atoms with Crippen molar-refractivity contribution in [2.75, 3.05) is 10.0 Å². The first-order valence-corrected chi connectivity index (χ1v) is 11.2. The summed E-state index contributed by atoms with van der Waals surface area (Å²) in [6.45, 7) is 1.86. The highest BCUT2D eigenvalue weighted by Crippen LogP contribution is 2.27. The fraction of sp³-hybridized carbons (Fsp3) is 0.0500. The lowest BCUT2D eigenvalue weighted by molar-refractivity contribution is 0.102. The molecule has 0 aliphatic heterocycles. The van der Waals surface area contributed by atoms with Gasteiger partial charge in [-0.2, -0.15) is 5.10 Å². The number of fused-ring (bicyclic) bond motifs is 1. The van der Waals surface area contributed by atoms with Gasteiger partial charge in [0.1, 0.15) is 4.90 Å². The van der Waals surface area contributed by atoms with E-state index in [4.69, 9.17) is 23.2 Å². The van der Waals surface area contributed by atoms with Gasteiger partial charge in [-0.3, -0.25) is 14.6 Å². The number of nitrogens with zero attached hydrogens (tertiary/aromatic N) is 2. The van der Waals surface area contributed by atoms with Crippen molar-refractivity contribution in [2.24, 2.45) is 0 Å². The lowest BCUT2D eigenvalue weighted by atomic mass is 10.2. The number of anilines is 2. The quantitative estimate of drug-likeness (QED) is 0.389. The van der Waals surface area contributed by atoms with E-state index in [0.717, 1.165) is 11.1 Å². The molecule has 1 amide bonds. The number of pyridine rings is 1. The van der Waals surface area contributed by atoms with Gasteiger partial charge in [0.2, 0.25) is 0 Å². The maximum absolute atomic E-state index is 12.6. The van der Waals surface area contributed by atoms with Crippen molar-refractivity contribution in [1.82, 2.24) is 15.2 Å². The Hall–Kier alpha value is -3.14. The van der Waals surface area contributed by atoms with Gasteiger partial charge in [-0.05, 0) is 55.5 Å². The summed E-state index contributed by atoms with van der Waals surface area (Å²) in [4.78, 5) is 16.6. The third-order valence-corrected chi connectivity index (χ3v) is 6.54. The number of hydrogen-bond acceptors (Lipinski definition) is 5. The monoisotopic (exact) mass is 475 g/mol. The lowest BCUT2D eigenvalue weighted by Gasteiger charge is -2.11. The Labute approximate surface area is 187 Å². The number of aromatic amines is 1. The maximum Gasteiger partial charge on any atom is 0.263 e. The Kier molecular flexibility index (Phi) is 5.57. The van der Waals surface area contributed by atoms with E-state index in [-0.39, 0.29) is 26.5 Å². The van der Waals surface area contributed by atoms with Crippen LogP contribution in [0.25, 0.3) is 11.0 Å². The van der Waals surface area contributed by atoms with Gasteiger partial charge in [-0.1, -0.05) is 23.2 Å². The second-order valence-corrected chi connectivity index (χ2v) is 9.15. The third-order valence-electron chi connectivity index (χ3n) is 4.44. The number of H-pyrrole nitrogens is 1. The number of benzene rings is 2. The average Bonchev–Trinajstić information content (AvgIpc) is 3.10. The molecular formula is C20H15Cl2N5O3S. The fourth-order valence-electron chi connectivity index (χ4n) is 2.87. The SMILES string of the molecule is Cc1[nH]nc2ncc(NC(=O)c3ccc(NS(=O)(=O)c4cc(Cl)ccc4Cl)cc3)cc12. The minimum absolute atomic E-state index is 0.0475. The molecule has 0 saturated heterocycles. The van der Waals surface area contributed by atoms with Crippen LogP contribution in [-0.2, 0) is 10.0 Å². The van der Waals surface area contributed by atoms with Gasteiger partial charge in [0, 0.05) is 27.4 Å². The van der Waals surface area contributed by atoms with Gasteiger partial charge in [-0.25, -0.2) is 13.4 Å². The van der Waals surface area contributed by atoms with Crippen molar-refractivity contribution in [3.63, 3.8) is 0 Å². The summed E-state index contributed by atoms with van der Waals surface area (Å²) in [5, 5.41) is 10.7. The van der Waals surface area contributed by atoms with E-state index in [0.29, 0.717) is 16.9 Å². The summed E-state index contributed by atoms with van der Waals surface area (Å²) >= 11 is 11.9. The number of carbonyl (C=O) groups is 1. The zero-order valence-electron chi connectivity index (χ0n) is 16.0. The van der Waals surface area contributed by atoms with E-state index >= 15 is 0 Å². The summed E-state index contributed by atoms with van der Waals surface area (Å²) in [7, 11) is -3.95. The highest BCUT2D eigenvalue weighted by Gasteiger charge is 2.19. The topological polar surface area (TPSA) is 117 Å². The fourth-order valence-corrected chi connectivity index (χ4v) is 4.70. The van der Waals surface area contributed by atoms with E-state index in [2.05, 4.69) is 25.2 Å². The van der Waals surface area contributed by atoms with Gasteiger partial charge in [0.25, 0.3) is 15.9 Å². The molecule has 4 rings (SSSR count). The Balaban J connectivity index is 1.50. The van der Waals surface area contributed by atoms with Crippen molar-refractivity contribution in [3.05, 3.63) is 76.0 Å². The van der Waals surface area contributed by atoms with Gasteiger partial charge in [0.15, 0.2) is 5.65 Å². The Morgan fingerprint density at radius 3 is 2.52 bits per heavy atom. The smallest absolute Gasteiger partial charge is 0.263 e. The summed E-state index contributed by atoms with van der Waals surface area (Å²) in [6, 6.07) is 11.9. The zero-order chi connectivity index (χ0) is 22.2. The molecule has 0 saturated carbocycles. The van der Waals surface area contributed by atoms with Crippen LogP contribution in [0, 0.1) is 6.92 Å². The minimum atomic E-state index is -3.95. The Bertz CT molecular complexity index is 1400. The second-order valence-electron chi connectivity index (χ2n) is 6.66. The predicted molar refractivity (Wildman–Crippen MR) is 120 cm³/mol. The molecule has 0 atom stereocenters. The molecule has 8 nitrogen and oxygen atoms in total. The van der Waals surface area contributed by atoms with Crippen molar-refractivity contribution in [2.45, 2.75) is 11.8 Å². The maximum atomic E-state index is 12.6. The van der Waals surface area contributed by atoms with E-state index in [1.165, 1.54) is 48.7 Å². The van der Waals surface area contributed by atoms with Crippen LogP contribution in [-0.4, -0.2) is 29.5 Å². The number of amides is 1. The molecule has 0 bridgehead atoms. The number of hydrogen-bond donors (Lipinski definition) is 3. The molecule has 2 aromatic heterocycles. The van der Waals surface area contributed by atoms with Crippen LogP contribution in [0.15, 0.2) is 59.6 Å². The average molecular weight is 476 g/mol. The molecule has 0 aliphatic carbocycles. The third kappa shape index (κ3) is 4.48. The largest absolute Gasteiger partial charge is 0.321 e. The molecule has 0 aliphatic rings. The molecule has 2 aromatic carbocycles. The summed E-state index contributed by atoms with van der Waals surface area (Å²) in [5.74, 6) is -0.366. The van der Waals surface area contributed by atoms with E-state index in [1.807, 2.05) is 6.92 Å². The van der Waals surface area contributed by atoms with Gasteiger partial charge >= 0.3 is 0 Å². The van der Waals surface area contributed by atoms with Crippen LogP contribution >= 0.6 is 23.2 Å². The lowest BCUT2D eigenvalue weighted by Crippen LogP contribution is -2.14. The first-order valence-electron chi connectivity index (χ1n) is 8.93. The first kappa shape index (κ1) is 21.1. The number of halogens is 2. The van der Waals surface area contributed by atoms with Crippen LogP contribution in [0.5, 0.6) is 0 Å². The van der Waals surface area contributed by atoms with Gasteiger partial charge < -0.3 is 5.32 Å². The van der Waals surface area contributed by atoms with Crippen LogP contribution in [0.2, 0.25) is 10.0 Å².